The maximum Gasteiger partial charge on any atom is 0.0645 e. The minimum atomic E-state index is 0.225. The standard InChI is InChI=1S/C15H30N2O/c1-15(2)13-18-12-11-17(15)10-6-9-16-14-7-4-3-5-8-14/h14,16H,3-13H2,1-2H3. The lowest BCUT2D eigenvalue weighted by Gasteiger charge is -2.42. The van der Waals surface area contributed by atoms with Crippen LogP contribution in [0.2, 0.25) is 0 Å². The molecule has 3 heteroatoms. The van der Waals surface area contributed by atoms with Gasteiger partial charge in [-0.2, -0.15) is 0 Å². The van der Waals surface area contributed by atoms with Crippen LogP contribution in [0.1, 0.15) is 52.4 Å². The van der Waals surface area contributed by atoms with E-state index in [1.165, 1.54) is 51.6 Å². The molecule has 106 valence electrons. The number of nitrogens with zero attached hydrogens (tertiary/aromatic N) is 1. The Balaban J connectivity index is 1.59. The SMILES string of the molecule is CC1(C)COCCN1CCCNC1CCCCC1. The van der Waals surface area contributed by atoms with E-state index in [-0.39, 0.29) is 5.54 Å². The highest BCUT2D eigenvalue weighted by atomic mass is 16.5. The molecule has 2 aliphatic rings. The van der Waals surface area contributed by atoms with Gasteiger partial charge in [0.05, 0.1) is 13.2 Å². The fourth-order valence-corrected chi connectivity index (χ4v) is 3.19. The Hall–Kier alpha value is -0.120. The molecule has 0 aromatic rings. The van der Waals surface area contributed by atoms with Crippen LogP contribution in [0.25, 0.3) is 0 Å². The van der Waals surface area contributed by atoms with Gasteiger partial charge >= 0.3 is 0 Å². The molecule has 0 aromatic carbocycles. The first-order chi connectivity index (χ1) is 8.68. The number of ether oxygens (including phenoxy) is 1. The number of hydrogen-bond acceptors (Lipinski definition) is 3. The Kier molecular flexibility index (Phi) is 5.46. The summed E-state index contributed by atoms with van der Waals surface area (Å²) in [6.07, 6.45) is 8.34. The zero-order valence-electron chi connectivity index (χ0n) is 12.2. The third kappa shape index (κ3) is 4.22. The van der Waals surface area contributed by atoms with Gasteiger partial charge in [0.15, 0.2) is 0 Å². The van der Waals surface area contributed by atoms with Gasteiger partial charge in [0.2, 0.25) is 0 Å². The van der Waals surface area contributed by atoms with Crippen LogP contribution in [0.3, 0.4) is 0 Å². The molecule has 0 unspecified atom stereocenters. The average Bonchev–Trinajstić information content (AvgIpc) is 2.37. The molecule has 2 rings (SSSR count). The monoisotopic (exact) mass is 254 g/mol. The van der Waals surface area contributed by atoms with Gasteiger partial charge in [-0.15, -0.1) is 0 Å². The van der Waals surface area contributed by atoms with Crippen molar-refractivity contribution in [2.24, 2.45) is 0 Å². The Morgan fingerprint density at radius 3 is 2.72 bits per heavy atom. The summed E-state index contributed by atoms with van der Waals surface area (Å²) in [7, 11) is 0. The first-order valence-electron chi connectivity index (χ1n) is 7.75. The van der Waals surface area contributed by atoms with E-state index < -0.39 is 0 Å². The predicted molar refractivity (Wildman–Crippen MR) is 76.0 cm³/mol. The van der Waals surface area contributed by atoms with Crippen LogP contribution in [-0.2, 0) is 4.74 Å². The maximum absolute atomic E-state index is 5.56. The number of rotatable bonds is 5. The first-order valence-corrected chi connectivity index (χ1v) is 7.75. The van der Waals surface area contributed by atoms with E-state index in [2.05, 4.69) is 24.1 Å². The second-order valence-corrected chi connectivity index (χ2v) is 6.49. The highest BCUT2D eigenvalue weighted by Gasteiger charge is 2.29. The van der Waals surface area contributed by atoms with Gasteiger partial charge in [-0.3, -0.25) is 4.90 Å². The lowest BCUT2D eigenvalue weighted by Crippen LogP contribution is -2.53. The van der Waals surface area contributed by atoms with E-state index in [4.69, 9.17) is 4.74 Å². The van der Waals surface area contributed by atoms with Crippen LogP contribution in [0.5, 0.6) is 0 Å². The van der Waals surface area contributed by atoms with Gasteiger partial charge in [-0.05, 0) is 39.7 Å². The normalized spacial score (nSPS) is 26.3. The van der Waals surface area contributed by atoms with Crippen LogP contribution in [0.4, 0.5) is 0 Å². The zero-order chi connectivity index (χ0) is 12.8. The van der Waals surface area contributed by atoms with Crippen molar-refractivity contribution in [3.63, 3.8) is 0 Å². The topological polar surface area (TPSA) is 24.5 Å². The molecule has 1 heterocycles. The van der Waals surface area contributed by atoms with Gasteiger partial charge in [-0.1, -0.05) is 19.3 Å². The molecule has 1 saturated carbocycles. The maximum atomic E-state index is 5.56. The molecule has 1 saturated heterocycles. The summed E-state index contributed by atoms with van der Waals surface area (Å²) in [5.74, 6) is 0. The van der Waals surface area contributed by atoms with Gasteiger partial charge in [0.25, 0.3) is 0 Å². The Morgan fingerprint density at radius 2 is 2.00 bits per heavy atom. The van der Waals surface area contributed by atoms with E-state index >= 15 is 0 Å². The fourth-order valence-electron chi connectivity index (χ4n) is 3.19. The molecule has 1 aliphatic carbocycles. The quantitative estimate of drug-likeness (QED) is 0.763. The summed E-state index contributed by atoms with van der Waals surface area (Å²) in [5, 5.41) is 3.73. The van der Waals surface area contributed by atoms with Crippen LogP contribution in [-0.4, -0.2) is 49.3 Å². The minimum Gasteiger partial charge on any atom is -0.378 e. The fraction of sp³-hybridized carbons (Fsp3) is 1.00. The second kappa shape index (κ2) is 6.88. The molecule has 1 N–H and O–H groups in total. The van der Waals surface area contributed by atoms with Crippen LogP contribution >= 0.6 is 0 Å². The van der Waals surface area contributed by atoms with Crippen molar-refractivity contribution in [3.8, 4) is 0 Å². The minimum absolute atomic E-state index is 0.225. The molecule has 0 spiro atoms. The third-order valence-corrected chi connectivity index (χ3v) is 4.46. The van der Waals surface area contributed by atoms with Crippen molar-refractivity contribution in [1.29, 1.82) is 0 Å². The molecule has 1 aliphatic heterocycles. The first kappa shape index (κ1) is 14.3. The van der Waals surface area contributed by atoms with Crippen molar-refractivity contribution in [2.45, 2.75) is 64.0 Å². The molecular weight excluding hydrogens is 224 g/mol. The van der Waals surface area contributed by atoms with E-state index in [0.29, 0.717) is 0 Å². The van der Waals surface area contributed by atoms with E-state index in [9.17, 15) is 0 Å². The Bertz CT molecular complexity index is 237. The lowest BCUT2D eigenvalue weighted by molar-refractivity contribution is -0.0511. The summed E-state index contributed by atoms with van der Waals surface area (Å²) in [6.45, 7) is 9.84. The van der Waals surface area contributed by atoms with Crippen molar-refractivity contribution in [2.75, 3.05) is 32.8 Å². The largest absolute Gasteiger partial charge is 0.378 e. The van der Waals surface area contributed by atoms with E-state index in [1.54, 1.807) is 0 Å². The molecule has 18 heavy (non-hydrogen) atoms. The summed E-state index contributed by atoms with van der Waals surface area (Å²) in [6, 6.07) is 0.802. The van der Waals surface area contributed by atoms with E-state index in [0.717, 1.165) is 25.8 Å². The molecule has 2 fully saturated rings. The molecular formula is C15H30N2O. The van der Waals surface area contributed by atoms with Crippen molar-refractivity contribution >= 4 is 0 Å². The Morgan fingerprint density at radius 1 is 1.22 bits per heavy atom. The lowest BCUT2D eigenvalue weighted by atomic mass is 9.95. The predicted octanol–water partition coefficient (Wildman–Crippen LogP) is 2.41. The van der Waals surface area contributed by atoms with Crippen molar-refractivity contribution in [3.05, 3.63) is 0 Å². The molecule has 0 radical (unpaired) electrons. The number of nitrogens with one attached hydrogen (secondary N) is 1. The van der Waals surface area contributed by atoms with Crippen molar-refractivity contribution in [1.82, 2.24) is 10.2 Å². The van der Waals surface area contributed by atoms with Crippen LogP contribution in [0.15, 0.2) is 0 Å². The van der Waals surface area contributed by atoms with Gasteiger partial charge in [0, 0.05) is 24.7 Å². The molecule has 0 aromatic heterocycles. The van der Waals surface area contributed by atoms with Crippen molar-refractivity contribution < 1.29 is 4.74 Å². The third-order valence-electron chi connectivity index (χ3n) is 4.46. The van der Waals surface area contributed by atoms with Gasteiger partial charge in [0.1, 0.15) is 0 Å². The summed E-state index contributed by atoms with van der Waals surface area (Å²) in [4.78, 5) is 2.58. The summed E-state index contributed by atoms with van der Waals surface area (Å²) < 4.78 is 5.56. The summed E-state index contributed by atoms with van der Waals surface area (Å²) in [5.41, 5.74) is 0.225. The molecule has 0 atom stereocenters. The Labute approximate surface area is 112 Å². The van der Waals surface area contributed by atoms with Crippen LogP contribution in [0, 0.1) is 0 Å². The van der Waals surface area contributed by atoms with E-state index in [1.807, 2.05) is 0 Å². The number of morpholine rings is 1. The van der Waals surface area contributed by atoms with Crippen LogP contribution < -0.4 is 5.32 Å². The molecule has 3 nitrogen and oxygen atoms in total. The summed E-state index contributed by atoms with van der Waals surface area (Å²) >= 11 is 0. The average molecular weight is 254 g/mol. The molecule has 0 bridgehead atoms. The zero-order valence-corrected chi connectivity index (χ0v) is 12.2. The smallest absolute Gasteiger partial charge is 0.0645 e. The highest BCUT2D eigenvalue weighted by Crippen LogP contribution is 2.19. The molecule has 0 amide bonds. The second-order valence-electron chi connectivity index (χ2n) is 6.49. The highest BCUT2D eigenvalue weighted by molar-refractivity contribution is 4.84. The number of hydrogen-bond donors (Lipinski definition) is 1. The van der Waals surface area contributed by atoms with Gasteiger partial charge in [-0.25, -0.2) is 0 Å². The van der Waals surface area contributed by atoms with Gasteiger partial charge < -0.3 is 10.1 Å².